The molecule has 0 aliphatic heterocycles. The number of hydrogen-bond donors (Lipinski definition) is 0. The Morgan fingerprint density at radius 3 is 2.96 bits per heavy atom. The van der Waals surface area contributed by atoms with Crippen LogP contribution in [0.1, 0.15) is 34.7 Å². The van der Waals surface area contributed by atoms with Crippen LogP contribution in [0.5, 0.6) is 5.75 Å². The van der Waals surface area contributed by atoms with E-state index in [4.69, 9.17) is 9.47 Å². The molecule has 0 amide bonds. The molecule has 0 bridgehead atoms. The lowest BCUT2D eigenvalue weighted by Gasteiger charge is -2.10. The van der Waals surface area contributed by atoms with E-state index >= 15 is 0 Å². The van der Waals surface area contributed by atoms with Crippen molar-refractivity contribution in [1.29, 1.82) is 0 Å². The molecular formula is C20H20N2O4S. The molecule has 3 aromatic rings. The summed E-state index contributed by atoms with van der Waals surface area (Å²) in [7, 11) is 1.58. The highest BCUT2D eigenvalue weighted by Crippen LogP contribution is 2.28. The average molecular weight is 384 g/mol. The van der Waals surface area contributed by atoms with Gasteiger partial charge in [-0.3, -0.25) is 14.0 Å². The zero-order valence-corrected chi connectivity index (χ0v) is 15.9. The van der Waals surface area contributed by atoms with E-state index in [1.54, 1.807) is 28.9 Å². The molecule has 27 heavy (non-hydrogen) atoms. The summed E-state index contributed by atoms with van der Waals surface area (Å²) in [5, 5.41) is 0. The molecule has 0 saturated carbocycles. The van der Waals surface area contributed by atoms with Crippen LogP contribution in [0.15, 0.2) is 35.1 Å². The molecule has 1 aliphatic rings. The highest BCUT2D eigenvalue weighted by molar-refractivity contribution is 7.17. The maximum atomic E-state index is 12.5. The Bertz CT molecular complexity index is 1050. The second-order valence-electron chi connectivity index (χ2n) is 6.57. The summed E-state index contributed by atoms with van der Waals surface area (Å²) in [5.41, 5.74) is 2.30. The molecule has 7 heteroatoms. The third-order valence-corrected chi connectivity index (χ3v) is 5.82. The number of nitrogens with zero attached hydrogens (tertiary/aromatic N) is 2. The van der Waals surface area contributed by atoms with Crippen LogP contribution < -0.4 is 10.3 Å². The lowest BCUT2D eigenvalue weighted by atomic mass is 10.0. The fraction of sp³-hybridized carbons (Fsp3) is 0.350. The Labute approximate surface area is 160 Å². The normalized spacial score (nSPS) is 13.4. The number of fused-ring (bicyclic) bond motifs is 3. The Balaban J connectivity index is 1.47. The van der Waals surface area contributed by atoms with Gasteiger partial charge in [0.25, 0.3) is 5.56 Å². The van der Waals surface area contributed by atoms with E-state index < -0.39 is 0 Å². The van der Waals surface area contributed by atoms with Crippen molar-refractivity contribution in [3.63, 3.8) is 0 Å². The number of ether oxygens (including phenoxy) is 2. The van der Waals surface area contributed by atoms with Gasteiger partial charge in [-0.05, 0) is 43.4 Å². The van der Waals surface area contributed by atoms with Crippen molar-refractivity contribution in [1.82, 2.24) is 9.38 Å². The van der Waals surface area contributed by atoms with Gasteiger partial charge in [0.05, 0.1) is 19.2 Å². The first-order valence-electron chi connectivity index (χ1n) is 8.96. The van der Waals surface area contributed by atoms with Crippen LogP contribution >= 0.6 is 11.3 Å². The molecule has 2 aromatic heterocycles. The topological polar surface area (TPSA) is 69.9 Å². The zero-order chi connectivity index (χ0) is 18.8. The smallest absolute Gasteiger partial charge is 0.310 e. The van der Waals surface area contributed by atoms with Crippen LogP contribution in [0.2, 0.25) is 0 Å². The molecule has 6 nitrogen and oxygen atoms in total. The Morgan fingerprint density at radius 2 is 2.11 bits per heavy atom. The Kier molecular flexibility index (Phi) is 4.94. The molecular weight excluding hydrogens is 364 g/mol. The van der Waals surface area contributed by atoms with E-state index in [-0.39, 0.29) is 24.6 Å². The third-order valence-electron chi connectivity index (χ3n) is 4.68. The van der Waals surface area contributed by atoms with Crippen LogP contribution in [-0.2, 0) is 35.4 Å². The van der Waals surface area contributed by atoms with Gasteiger partial charge < -0.3 is 9.47 Å². The van der Waals surface area contributed by atoms with E-state index in [1.807, 2.05) is 18.2 Å². The number of methoxy groups -OCH3 is 1. The summed E-state index contributed by atoms with van der Waals surface area (Å²) >= 11 is 1.57. The van der Waals surface area contributed by atoms with Gasteiger partial charge in [-0.2, -0.15) is 0 Å². The fourth-order valence-electron chi connectivity index (χ4n) is 3.37. The van der Waals surface area contributed by atoms with Crippen molar-refractivity contribution >= 4 is 22.3 Å². The molecule has 4 rings (SSSR count). The molecule has 0 fully saturated rings. The van der Waals surface area contributed by atoms with Gasteiger partial charge in [0.15, 0.2) is 4.96 Å². The summed E-state index contributed by atoms with van der Waals surface area (Å²) < 4.78 is 12.2. The predicted octanol–water partition coefficient (Wildman–Crippen LogP) is 2.93. The van der Waals surface area contributed by atoms with Gasteiger partial charge in [0.1, 0.15) is 12.4 Å². The van der Waals surface area contributed by atoms with Crippen LogP contribution in [0.3, 0.4) is 0 Å². The van der Waals surface area contributed by atoms with Crippen LogP contribution in [0.25, 0.3) is 4.96 Å². The van der Waals surface area contributed by atoms with E-state index in [0.717, 1.165) is 36.9 Å². The van der Waals surface area contributed by atoms with Gasteiger partial charge in [-0.25, -0.2) is 4.98 Å². The van der Waals surface area contributed by atoms with Crippen molar-refractivity contribution < 1.29 is 14.3 Å². The van der Waals surface area contributed by atoms with Crippen molar-refractivity contribution in [3.05, 3.63) is 62.5 Å². The average Bonchev–Trinajstić information content (AvgIpc) is 3.05. The lowest BCUT2D eigenvalue weighted by Crippen LogP contribution is -2.19. The SMILES string of the molecule is COc1cccc(CC(=O)OCc2cc(=O)n3c4c(sc3n2)CCCC4)c1. The van der Waals surface area contributed by atoms with Crippen molar-refractivity contribution in [2.24, 2.45) is 0 Å². The largest absolute Gasteiger partial charge is 0.497 e. The molecule has 0 radical (unpaired) electrons. The minimum atomic E-state index is -0.365. The van der Waals surface area contributed by atoms with E-state index in [1.165, 1.54) is 10.9 Å². The lowest BCUT2D eigenvalue weighted by molar-refractivity contribution is -0.144. The molecule has 140 valence electrons. The monoisotopic (exact) mass is 384 g/mol. The molecule has 1 aromatic carbocycles. The van der Waals surface area contributed by atoms with E-state index in [0.29, 0.717) is 16.4 Å². The highest BCUT2D eigenvalue weighted by Gasteiger charge is 2.18. The number of benzene rings is 1. The first-order chi connectivity index (χ1) is 13.1. The molecule has 0 N–H and O–H groups in total. The maximum Gasteiger partial charge on any atom is 0.310 e. The Morgan fingerprint density at radius 1 is 1.26 bits per heavy atom. The molecule has 2 heterocycles. The molecule has 0 saturated heterocycles. The number of aryl methyl sites for hydroxylation is 2. The Hall–Kier alpha value is -2.67. The van der Waals surface area contributed by atoms with Gasteiger partial charge in [-0.1, -0.05) is 12.1 Å². The summed E-state index contributed by atoms with van der Waals surface area (Å²) in [6, 6.07) is 8.76. The number of hydrogen-bond acceptors (Lipinski definition) is 6. The van der Waals surface area contributed by atoms with Crippen LogP contribution in [0.4, 0.5) is 0 Å². The van der Waals surface area contributed by atoms with Crippen molar-refractivity contribution in [2.75, 3.05) is 7.11 Å². The maximum absolute atomic E-state index is 12.5. The summed E-state index contributed by atoms with van der Waals surface area (Å²) in [6.07, 6.45) is 4.34. The second kappa shape index (κ2) is 7.52. The van der Waals surface area contributed by atoms with Crippen LogP contribution in [0, 0.1) is 0 Å². The predicted molar refractivity (Wildman–Crippen MR) is 102 cm³/mol. The van der Waals surface area contributed by atoms with Crippen LogP contribution in [-0.4, -0.2) is 22.5 Å². The standard InChI is InChI=1S/C20H20N2O4S/c1-25-15-6-4-5-13(9-15)10-19(24)26-12-14-11-18(23)22-16-7-2-3-8-17(16)27-20(22)21-14/h4-6,9,11H,2-3,7-8,10,12H2,1H3. The molecule has 0 spiro atoms. The van der Waals surface area contributed by atoms with Crippen molar-refractivity contribution in [3.8, 4) is 5.75 Å². The van der Waals surface area contributed by atoms with Gasteiger partial charge >= 0.3 is 5.97 Å². The summed E-state index contributed by atoms with van der Waals surface area (Å²) in [5.74, 6) is 0.331. The van der Waals surface area contributed by atoms with Gasteiger partial charge in [0.2, 0.25) is 0 Å². The number of aromatic nitrogens is 2. The van der Waals surface area contributed by atoms with Gasteiger partial charge in [0, 0.05) is 16.6 Å². The zero-order valence-electron chi connectivity index (χ0n) is 15.1. The summed E-state index contributed by atoms with van der Waals surface area (Å²) in [6.45, 7) is -0.00287. The number of esters is 1. The number of rotatable bonds is 5. The fourth-order valence-corrected chi connectivity index (χ4v) is 4.60. The molecule has 0 atom stereocenters. The second-order valence-corrected chi connectivity index (χ2v) is 7.63. The quantitative estimate of drug-likeness (QED) is 0.633. The van der Waals surface area contributed by atoms with E-state index in [9.17, 15) is 9.59 Å². The summed E-state index contributed by atoms with van der Waals surface area (Å²) in [4.78, 5) is 31.1. The number of carbonyl (C=O) groups is 1. The third kappa shape index (κ3) is 3.73. The molecule has 1 aliphatic carbocycles. The van der Waals surface area contributed by atoms with E-state index in [2.05, 4.69) is 4.98 Å². The minimum Gasteiger partial charge on any atom is -0.497 e. The van der Waals surface area contributed by atoms with Gasteiger partial charge in [-0.15, -0.1) is 11.3 Å². The first-order valence-corrected chi connectivity index (χ1v) is 9.77. The number of carbonyl (C=O) groups excluding carboxylic acids is 1. The highest BCUT2D eigenvalue weighted by atomic mass is 32.1. The van der Waals surface area contributed by atoms with Crippen molar-refractivity contribution in [2.45, 2.75) is 38.7 Å². The minimum absolute atomic E-state index is 0.00287. The first kappa shape index (κ1) is 17.7. The molecule has 0 unspecified atom stereocenters. The number of thiazole rings is 1.